The van der Waals surface area contributed by atoms with Crippen LogP contribution in [0.1, 0.15) is 32.0 Å². The van der Waals surface area contributed by atoms with Crippen molar-refractivity contribution in [2.45, 2.75) is 33.1 Å². The van der Waals surface area contributed by atoms with Crippen LogP contribution in [-0.2, 0) is 5.41 Å². The van der Waals surface area contributed by atoms with Crippen LogP contribution in [0.25, 0.3) is 50.1 Å². The van der Waals surface area contributed by atoms with Crippen LogP contribution in [0.5, 0.6) is 0 Å². The van der Waals surface area contributed by atoms with Gasteiger partial charge in [0, 0.05) is 45.4 Å². The fraction of sp³-hybridized carbons (Fsp3) is 0.161. The topological polar surface area (TPSA) is 46.5 Å². The summed E-state index contributed by atoms with van der Waals surface area (Å²) in [5, 5.41) is 3.54. The first-order valence-electron chi connectivity index (χ1n) is 12.0. The quantitative estimate of drug-likeness (QED) is 0.295. The van der Waals surface area contributed by atoms with Crippen LogP contribution < -0.4 is 0 Å². The summed E-state index contributed by atoms with van der Waals surface area (Å²) >= 11 is 0. The predicted molar refractivity (Wildman–Crippen MR) is 145 cm³/mol. The number of fused-ring (bicyclic) bond motifs is 2. The average molecular weight is 457 g/mol. The number of aromatic nitrogens is 4. The summed E-state index contributed by atoms with van der Waals surface area (Å²) in [7, 11) is 0. The highest BCUT2D eigenvalue weighted by molar-refractivity contribution is 5.94. The Kier molecular flexibility index (Phi) is 4.85. The zero-order valence-corrected chi connectivity index (χ0v) is 20.5. The highest BCUT2D eigenvalue weighted by atomic mass is 15.1. The third-order valence-corrected chi connectivity index (χ3v) is 6.73. The molecule has 35 heavy (non-hydrogen) atoms. The molecule has 2 aromatic carbocycles. The van der Waals surface area contributed by atoms with Gasteiger partial charge in [0.2, 0.25) is 0 Å². The van der Waals surface area contributed by atoms with Crippen molar-refractivity contribution in [3.05, 3.63) is 103 Å². The molecule has 0 amide bonds. The Morgan fingerprint density at radius 3 is 2.26 bits per heavy atom. The van der Waals surface area contributed by atoms with E-state index in [9.17, 15) is 0 Å². The Bertz CT molecular complexity index is 1680. The molecule has 172 valence electrons. The Hall–Kier alpha value is -4.18. The molecule has 4 nitrogen and oxygen atoms in total. The molecule has 0 unspecified atom stereocenters. The van der Waals surface area contributed by atoms with E-state index in [1.165, 1.54) is 16.3 Å². The van der Waals surface area contributed by atoms with Gasteiger partial charge >= 0.3 is 0 Å². The van der Waals surface area contributed by atoms with Crippen molar-refractivity contribution in [3.8, 4) is 28.3 Å². The van der Waals surface area contributed by atoms with E-state index in [0.29, 0.717) is 0 Å². The molecule has 6 rings (SSSR count). The third kappa shape index (κ3) is 3.71. The normalized spacial score (nSPS) is 12.0. The SMILES string of the molecule is Cc1[nH]c(-n2ccc3ccc(-c4cc(-c5ccccn5)cc(C(C)(C)C)c4)nc32)c2ccccc12. The van der Waals surface area contributed by atoms with Crippen molar-refractivity contribution in [2.24, 2.45) is 0 Å². The lowest BCUT2D eigenvalue weighted by atomic mass is 9.84. The Labute approximate surface area is 205 Å². The van der Waals surface area contributed by atoms with Crippen LogP contribution >= 0.6 is 0 Å². The minimum atomic E-state index is 0.00451. The number of pyridine rings is 2. The van der Waals surface area contributed by atoms with Crippen LogP contribution in [0, 0.1) is 6.92 Å². The first-order chi connectivity index (χ1) is 16.9. The summed E-state index contributed by atoms with van der Waals surface area (Å²) in [5.74, 6) is 1.05. The van der Waals surface area contributed by atoms with E-state index in [1.807, 2.05) is 18.3 Å². The zero-order chi connectivity index (χ0) is 24.2. The van der Waals surface area contributed by atoms with Crippen molar-refractivity contribution >= 4 is 21.8 Å². The fourth-order valence-corrected chi connectivity index (χ4v) is 4.76. The van der Waals surface area contributed by atoms with Crippen LogP contribution in [-0.4, -0.2) is 19.5 Å². The smallest absolute Gasteiger partial charge is 0.146 e. The molecular formula is C31H28N4. The van der Waals surface area contributed by atoms with Crippen molar-refractivity contribution in [2.75, 3.05) is 0 Å². The van der Waals surface area contributed by atoms with Crippen LogP contribution in [0.2, 0.25) is 0 Å². The number of nitrogens with one attached hydrogen (secondary N) is 1. The predicted octanol–water partition coefficient (Wildman–Crippen LogP) is 7.84. The Balaban J connectivity index is 1.54. The van der Waals surface area contributed by atoms with Gasteiger partial charge in [0.25, 0.3) is 0 Å². The summed E-state index contributed by atoms with van der Waals surface area (Å²) in [6.07, 6.45) is 3.95. The molecule has 0 saturated heterocycles. The van der Waals surface area contributed by atoms with Gasteiger partial charge in [0.15, 0.2) is 0 Å². The summed E-state index contributed by atoms with van der Waals surface area (Å²) in [6, 6.07) is 27.7. The zero-order valence-electron chi connectivity index (χ0n) is 20.5. The number of nitrogens with zero attached hydrogens (tertiary/aromatic N) is 3. The lowest BCUT2D eigenvalue weighted by Gasteiger charge is -2.21. The summed E-state index contributed by atoms with van der Waals surface area (Å²) in [5.41, 5.74) is 7.49. The van der Waals surface area contributed by atoms with Gasteiger partial charge in [-0.1, -0.05) is 51.1 Å². The minimum Gasteiger partial charge on any atom is -0.344 e. The van der Waals surface area contributed by atoms with Gasteiger partial charge in [0.05, 0.1) is 11.4 Å². The number of aryl methyl sites for hydroxylation is 1. The largest absolute Gasteiger partial charge is 0.344 e. The van der Waals surface area contributed by atoms with Crippen molar-refractivity contribution < 1.29 is 0 Å². The Morgan fingerprint density at radius 1 is 0.771 bits per heavy atom. The third-order valence-electron chi connectivity index (χ3n) is 6.73. The van der Waals surface area contributed by atoms with Gasteiger partial charge in [0.1, 0.15) is 11.5 Å². The molecule has 0 atom stereocenters. The van der Waals surface area contributed by atoms with Gasteiger partial charge < -0.3 is 4.98 Å². The molecule has 4 aromatic heterocycles. The summed E-state index contributed by atoms with van der Waals surface area (Å²) < 4.78 is 2.17. The van der Waals surface area contributed by atoms with Crippen molar-refractivity contribution in [3.63, 3.8) is 0 Å². The molecule has 1 N–H and O–H groups in total. The number of aromatic amines is 1. The molecule has 0 aliphatic heterocycles. The Morgan fingerprint density at radius 2 is 1.51 bits per heavy atom. The molecule has 4 heterocycles. The molecule has 0 aliphatic carbocycles. The number of H-pyrrole nitrogens is 1. The maximum absolute atomic E-state index is 5.18. The maximum Gasteiger partial charge on any atom is 0.146 e. The van der Waals surface area contributed by atoms with E-state index in [1.54, 1.807) is 0 Å². The first kappa shape index (κ1) is 21.4. The van der Waals surface area contributed by atoms with Crippen molar-refractivity contribution in [1.29, 1.82) is 0 Å². The lowest BCUT2D eigenvalue weighted by molar-refractivity contribution is 0.590. The van der Waals surface area contributed by atoms with Crippen LogP contribution in [0.3, 0.4) is 0 Å². The van der Waals surface area contributed by atoms with Crippen molar-refractivity contribution in [1.82, 2.24) is 19.5 Å². The monoisotopic (exact) mass is 456 g/mol. The number of hydrogen-bond acceptors (Lipinski definition) is 2. The number of benzene rings is 2. The molecule has 0 saturated carbocycles. The van der Waals surface area contributed by atoms with E-state index >= 15 is 0 Å². The highest BCUT2D eigenvalue weighted by Crippen LogP contribution is 2.34. The standard InChI is InChI=1S/C31H28N4/c1-20-25-9-5-6-10-26(25)30(33-20)35-16-14-21-12-13-28(34-29(21)35)23-17-22(27-11-7-8-15-32-27)18-24(19-23)31(2,3)4/h5-19,33H,1-4H3. The van der Waals surface area contributed by atoms with Gasteiger partial charge in [-0.25, -0.2) is 4.98 Å². The summed E-state index contributed by atoms with van der Waals surface area (Å²) in [4.78, 5) is 13.4. The van der Waals surface area contributed by atoms with Crippen LogP contribution in [0.15, 0.2) is 91.3 Å². The van der Waals surface area contributed by atoms with Crippen LogP contribution in [0.4, 0.5) is 0 Å². The van der Waals surface area contributed by atoms with E-state index in [4.69, 9.17) is 4.98 Å². The molecule has 0 fully saturated rings. The average Bonchev–Trinajstić information content (AvgIpc) is 3.44. The molecule has 0 spiro atoms. The molecule has 0 radical (unpaired) electrons. The molecule has 6 aromatic rings. The van der Waals surface area contributed by atoms with E-state index in [2.05, 4.69) is 115 Å². The van der Waals surface area contributed by atoms with E-state index < -0.39 is 0 Å². The second kappa shape index (κ2) is 7.95. The molecule has 0 aliphatic rings. The second-order valence-corrected chi connectivity index (χ2v) is 10.2. The first-order valence-corrected chi connectivity index (χ1v) is 12.0. The summed E-state index contributed by atoms with van der Waals surface area (Å²) in [6.45, 7) is 8.85. The number of hydrogen-bond donors (Lipinski definition) is 1. The van der Waals surface area contributed by atoms with Gasteiger partial charge in [-0.15, -0.1) is 0 Å². The molecule has 0 bridgehead atoms. The minimum absolute atomic E-state index is 0.00451. The lowest BCUT2D eigenvalue weighted by Crippen LogP contribution is -2.11. The fourth-order valence-electron chi connectivity index (χ4n) is 4.76. The van der Waals surface area contributed by atoms with E-state index in [-0.39, 0.29) is 5.41 Å². The second-order valence-electron chi connectivity index (χ2n) is 10.2. The number of rotatable bonds is 3. The van der Waals surface area contributed by atoms with Gasteiger partial charge in [-0.3, -0.25) is 9.55 Å². The maximum atomic E-state index is 5.18. The molecular weight excluding hydrogens is 428 g/mol. The van der Waals surface area contributed by atoms with Gasteiger partial charge in [-0.05, 0) is 66.4 Å². The highest BCUT2D eigenvalue weighted by Gasteiger charge is 2.18. The molecule has 4 heteroatoms. The van der Waals surface area contributed by atoms with E-state index in [0.717, 1.165) is 45.1 Å². The van der Waals surface area contributed by atoms with Gasteiger partial charge in [-0.2, -0.15) is 0 Å².